The molecule has 1 aromatic carbocycles. The lowest BCUT2D eigenvalue weighted by atomic mass is 10.1. The van der Waals surface area contributed by atoms with Crippen LogP contribution in [0.25, 0.3) is 0 Å². The Bertz CT molecular complexity index is 789. The van der Waals surface area contributed by atoms with Crippen molar-refractivity contribution in [3.8, 4) is 0 Å². The van der Waals surface area contributed by atoms with Gasteiger partial charge in [0.05, 0.1) is 16.2 Å². The van der Waals surface area contributed by atoms with E-state index >= 15 is 0 Å². The first kappa shape index (κ1) is 17.1. The molecule has 132 valence electrons. The summed E-state index contributed by atoms with van der Waals surface area (Å²) in [4.78, 5) is 19.9. The number of nitro benzene ring substituents is 1. The van der Waals surface area contributed by atoms with Gasteiger partial charge in [0.2, 0.25) is 5.95 Å². The molecule has 0 aliphatic heterocycles. The van der Waals surface area contributed by atoms with Crippen molar-refractivity contribution in [2.75, 3.05) is 10.6 Å². The lowest BCUT2D eigenvalue weighted by molar-refractivity contribution is -0.385. The molecule has 2 aromatic rings. The Morgan fingerprint density at radius 1 is 1.36 bits per heavy atom. The van der Waals surface area contributed by atoms with Gasteiger partial charge in [-0.05, 0) is 39.2 Å². The molecule has 1 fully saturated rings. The topological polar surface area (TPSA) is 93.0 Å². The van der Waals surface area contributed by atoms with E-state index in [0.29, 0.717) is 28.9 Å². The van der Waals surface area contributed by atoms with E-state index in [1.807, 2.05) is 12.1 Å². The van der Waals surface area contributed by atoms with Gasteiger partial charge in [-0.3, -0.25) is 10.1 Å². The SMILES string of the molecule is CC[C@@H](C)Nc1nc(Nc2cccc([N+](=O)[O-])c2C)cc(C2CC2)n1. The van der Waals surface area contributed by atoms with Gasteiger partial charge in [-0.2, -0.15) is 4.98 Å². The van der Waals surface area contributed by atoms with Crippen molar-refractivity contribution in [1.29, 1.82) is 0 Å². The largest absolute Gasteiger partial charge is 0.352 e. The number of benzene rings is 1. The first-order chi connectivity index (χ1) is 12.0. The van der Waals surface area contributed by atoms with Crippen LogP contribution in [0.2, 0.25) is 0 Å². The number of hydrogen-bond acceptors (Lipinski definition) is 6. The molecular weight excluding hydrogens is 318 g/mol. The Morgan fingerprint density at radius 2 is 2.12 bits per heavy atom. The van der Waals surface area contributed by atoms with Crippen LogP contribution >= 0.6 is 0 Å². The van der Waals surface area contributed by atoms with Crippen molar-refractivity contribution >= 4 is 23.1 Å². The summed E-state index contributed by atoms with van der Waals surface area (Å²) in [6.07, 6.45) is 3.27. The maximum atomic E-state index is 11.1. The average Bonchev–Trinajstić information content (AvgIpc) is 3.41. The van der Waals surface area contributed by atoms with Crippen LogP contribution in [0.5, 0.6) is 0 Å². The highest BCUT2D eigenvalue weighted by Crippen LogP contribution is 2.40. The maximum absolute atomic E-state index is 11.1. The summed E-state index contributed by atoms with van der Waals surface area (Å²) in [6.45, 7) is 5.93. The number of nitro groups is 1. The monoisotopic (exact) mass is 341 g/mol. The van der Waals surface area contributed by atoms with Crippen molar-refractivity contribution in [2.45, 2.75) is 52.0 Å². The highest BCUT2D eigenvalue weighted by Gasteiger charge is 2.26. The molecule has 1 heterocycles. The maximum Gasteiger partial charge on any atom is 0.274 e. The van der Waals surface area contributed by atoms with Crippen molar-refractivity contribution in [3.63, 3.8) is 0 Å². The number of anilines is 3. The molecule has 7 heteroatoms. The third-order valence-corrected chi connectivity index (χ3v) is 4.49. The quantitative estimate of drug-likeness (QED) is 0.568. The van der Waals surface area contributed by atoms with Gasteiger partial charge in [0, 0.05) is 29.8 Å². The van der Waals surface area contributed by atoms with Gasteiger partial charge in [0.15, 0.2) is 0 Å². The minimum absolute atomic E-state index is 0.0967. The Labute approximate surface area is 147 Å². The standard InChI is InChI=1S/C18H23N5O2/c1-4-11(2)19-18-21-15(13-8-9-13)10-17(22-18)20-14-6-5-7-16(12(14)3)23(24)25/h5-7,10-11,13H,4,8-9H2,1-3H3,(H2,19,20,21,22)/t11-/m1/s1. The minimum atomic E-state index is -0.369. The van der Waals surface area contributed by atoms with E-state index in [-0.39, 0.29) is 16.7 Å². The second-order valence-corrected chi connectivity index (χ2v) is 6.56. The molecule has 1 aromatic heterocycles. The van der Waals surface area contributed by atoms with Gasteiger partial charge in [-0.15, -0.1) is 0 Å². The first-order valence-corrected chi connectivity index (χ1v) is 8.64. The summed E-state index contributed by atoms with van der Waals surface area (Å²) in [5.41, 5.74) is 2.39. The van der Waals surface area contributed by atoms with Crippen LogP contribution in [0.4, 0.5) is 23.1 Å². The van der Waals surface area contributed by atoms with Crippen LogP contribution in [0.3, 0.4) is 0 Å². The molecule has 0 saturated heterocycles. The molecule has 1 aliphatic carbocycles. The van der Waals surface area contributed by atoms with Crippen LogP contribution in [0.1, 0.15) is 50.3 Å². The van der Waals surface area contributed by atoms with E-state index < -0.39 is 0 Å². The zero-order valence-electron chi connectivity index (χ0n) is 14.7. The second kappa shape index (κ2) is 7.04. The average molecular weight is 341 g/mol. The summed E-state index contributed by atoms with van der Waals surface area (Å²) in [6, 6.07) is 7.23. The Morgan fingerprint density at radius 3 is 2.76 bits per heavy atom. The number of aromatic nitrogens is 2. The summed E-state index contributed by atoms with van der Waals surface area (Å²) < 4.78 is 0. The van der Waals surface area contributed by atoms with Crippen LogP contribution in [-0.4, -0.2) is 20.9 Å². The Kier molecular flexibility index (Phi) is 4.83. The molecule has 0 unspecified atom stereocenters. The summed E-state index contributed by atoms with van der Waals surface area (Å²) in [7, 11) is 0. The Balaban J connectivity index is 1.91. The van der Waals surface area contributed by atoms with Gasteiger partial charge < -0.3 is 10.6 Å². The van der Waals surface area contributed by atoms with Gasteiger partial charge in [0.25, 0.3) is 5.69 Å². The lowest BCUT2D eigenvalue weighted by Gasteiger charge is -2.15. The molecule has 0 bridgehead atoms. The van der Waals surface area contributed by atoms with Crippen molar-refractivity contribution in [3.05, 3.63) is 45.6 Å². The Hall–Kier alpha value is -2.70. The summed E-state index contributed by atoms with van der Waals surface area (Å²) >= 11 is 0. The van der Waals surface area contributed by atoms with Gasteiger partial charge in [-0.1, -0.05) is 13.0 Å². The highest BCUT2D eigenvalue weighted by molar-refractivity contribution is 5.66. The molecule has 1 aliphatic rings. The van der Waals surface area contributed by atoms with Crippen LogP contribution < -0.4 is 10.6 Å². The summed E-state index contributed by atoms with van der Waals surface area (Å²) in [5.74, 6) is 1.75. The van der Waals surface area contributed by atoms with Gasteiger partial charge >= 0.3 is 0 Å². The van der Waals surface area contributed by atoms with Gasteiger partial charge in [0.1, 0.15) is 5.82 Å². The molecule has 2 N–H and O–H groups in total. The number of nitrogens with zero attached hydrogens (tertiary/aromatic N) is 3. The normalized spacial score (nSPS) is 14.8. The molecular formula is C18H23N5O2. The van der Waals surface area contributed by atoms with E-state index in [2.05, 4.69) is 34.4 Å². The van der Waals surface area contributed by atoms with E-state index in [4.69, 9.17) is 0 Å². The van der Waals surface area contributed by atoms with Crippen LogP contribution in [0.15, 0.2) is 24.3 Å². The van der Waals surface area contributed by atoms with Crippen molar-refractivity contribution < 1.29 is 4.92 Å². The fraction of sp³-hybridized carbons (Fsp3) is 0.444. The van der Waals surface area contributed by atoms with E-state index in [1.54, 1.807) is 13.0 Å². The smallest absolute Gasteiger partial charge is 0.274 e. The molecule has 3 rings (SSSR count). The fourth-order valence-corrected chi connectivity index (χ4v) is 2.60. The summed E-state index contributed by atoms with van der Waals surface area (Å²) in [5, 5.41) is 17.7. The van der Waals surface area contributed by atoms with Crippen molar-refractivity contribution in [1.82, 2.24) is 9.97 Å². The lowest BCUT2D eigenvalue weighted by Crippen LogP contribution is -2.16. The third-order valence-electron chi connectivity index (χ3n) is 4.49. The molecule has 1 atom stereocenters. The second-order valence-electron chi connectivity index (χ2n) is 6.56. The molecule has 0 spiro atoms. The number of rotatable bonds is 7. The predicted octanol–water partition coefficient (Wildman–Crippen LogP) is 4.52. The zero-order valence-corrected chi connectivity index (χ0v) is 14.7. The van der Waals surface area contributed by atoms with E-state index in [1.165, 1.54) is 6.07 Å². The van der Waals surface area contributed by atoms with E-state index in [0.717, 1.165) is 25.0 Å². The van der Waals surface area contributed by atoms with Crippen LogP contribution in [0, 0.1) is 17.0 Å². The number of nitrogens with one attached hydrogen (secondary N) is 2. The molecule has 0 amide bonds. The molecule has 1 saturated carbocycles. The predicted molar refractivity (Wildman–Crippen MR) is 98.5 cm³/mol. The first-order valence-electron chi connectivity index (χ1n) is 8.64. The van der Waals surface area contributed by atoms with Crippen LogP contribution in [-0.2, 0) is 0 Å². The third kappa shape index (κ3) is 4.04. The zero-order chi connectivity index (χ0) is 18.0. The van der Waals surface area contributed by atoms with E-state index in [9.17, 15) is 10.1 Å². The molecule has 0 radical (unpaired) electrons. The minimum Gasteiger partial charge on any atom is -0.352 e. The molecule has 25 heavy (non-hydrogen) atoms. The number of hydrogen-bond donors (Lipinski definition) is 2. The highest BCUT2D eigenvalue weighted by atomic mass is 16.6. The fourth-order valence-electron chi connectivity index (χ4n) is 2.60. The van der Waals surface area contributed by atoms with Crippen molar-refractivity contribution in [2.24, 2.45) is 0 Å². The molecule has 7 nitrogen and oxygen atoms in total. The van der Waals surface area contributed by atoms with Gasteiger partial charge in [-0.25, -0.2) is 4.98 Å².